The van der Waals surface area contributed by atoms with Gasteiger partial charge in [-0.15, -0.1) is 0 Å². The first-order chi connectivity index (χ1) is 10.0. The van der Waals surface area contributed by atoms with E-state index in [0.29, 0.717) is 0 Å². The molecule has 0 N–H and O–H groups in total. The Morgan fingerprint density at radius 1 is 1.19 bits per heavy atom. The molecule has 1 saturated carbocycles. The predicted octanol–water partition coefficient (Wildman–Crippen LogP) is 3.79. The molecule has 1 fully saturated rings. The smallest absolute Gasteiger partial charge is 0.310 e. The van der Waals surface area contributed by atoms with Gasteiger partial charge in [0.2, 0.25) is 0 Å². The highest BCUT2D eigenvalue weighted by atomic mass is 16.5. The second-order valence-electron chi connectivity index (χ2n) is 6.26. The van der Waals surface area contributed by atoms with Gasteiger partial charge in [-0.3, -0.25) is 4.79 Å². The number of carbonyl (C=O) groups excluding carboxylic acids is 2. The first-order valence-corrected chi connectivity index (χ1v) is 7.75. The molecule has 1 aliphatic rings. The Bertz CT molecular complexity index is 482. The molecule has 0 bridgehead atoms. The third-order valence-corrected chi connectivity index (χ3v) is 4.75. The molecule has 0 aromatic heterocycles. The summed E-state index contributed by atoms with van der Waals surface area (Å²) in [5, 5.41) is 0. The van der Waals surface area contributed by atoms with Crippen LogP contribution in [-0.2, 0) is 14.3 Å². The number of rotatable bonds is 4. The fourth-order valence-electron chi connectivity index (χ4n) is 3.28. The summed E-state index contributed by atoms with van der Waals surface area (Å²) >= 11 is 0. The molecule has 0 aliphatic heterocycles. The topological polar surface area (TPSA) is 43.4 Å². The number of aldehydes is 1. The summed E-state index contributed by atoms with van der Waals surface area (Å²) in [7, 11) is 0. The quantitative estimate of drug-likeness (QED) is 0.625. The molecule has 0 saturated heterocycles. The molecule has 3 nitrogen and oxygen atoms in total. The lowest BCUT2D eigenvalue weighted by Gasteiger charge is -2.36. The van der Waals surface area contributed by atoms with E-state index >= 15 is 0 Å². The maximum absolute atomic E-state index is 12.5. The summed E-state index contributed by atoms with van der Waals surface area (Å²) in [6, 6.07) is 9.69. The molecule has 21 heavy (non-hydrogen) atoms. The Morgan fingerprint density at radius 3 is 2.43 bits per heavy atom. The van der Waals surface area contributed by atoms with Gasteiger partial charge in [-0.2, -0.15) is 0 Å². The van der Waals surface area contributed by atoms with Crippen LogP contribution in [0.4, 0.5) is 0 Å². The van der Waals surface area contributed by atoms with Crippen LogP contribution in [0.1, 0.15) is 45.3 Å². The van der Waals surface area contributed by atoms with E-state index in [0.717, 1.165) is 24.7 Å². The second kappa shape index (κ2) is 6.88. The number of benzene rings is 1. The molecule has 5 atom stereocenters. The molecule has 0 amide bonds. The summed E-state index contributed by atoms with van der Waals surface area (Å²) in [4.78, 5) is 23.9. The zero-order chi connectivity index (χ0) is 15.4. The van der Waals surface area contributed by atoms with E-state index in [4.69, 9.17) is 4.74 Å². The normalized spacial score (nSPS) is 30.4. The van der Waals surface area contributed by atoms with Gasteiger partial charge in [0.15, 0.2) is 0 Å². The van der Waals surface area contributed by atoms with Crippen molar-refractivity contribution < 1.29 is 14.3 Å². The van der Waals surface area contributed by atoms with Crippen molar-refractivity contribution in [2.24, 2.45) is 23.7 Å². The van der Waals surface area contributed by atoms with Crippen molar-refractivity contribution in [3.05, 3.63) is 35.9 Å². The molecule has 0 radical (unpaired) electrons. The highest BCUT2D eigenvalue weighted by molar-refractivity contribution is 5.77. The standard InChI is InChI=1S/C18H24O3/c1-12-9-10-13(2)17(16(12)11-19)18(20)21-14(3)15-7-5-4-6-8-15/h4-8,11-14,16-17H,9-10H2,1-3H3/t12-,13+,14?,16+,17-/m0/s1. The molecule has 114 valence electrons. The van der Waals surface area contributed by atoms with Gasteiger partial charge in [0.25, 0.3) is 0 Å². The minimum absolute atomic E-state index is 0.201. The zero-order valence-electron chi connectivity index (χ0n) is 13.0. The van der Waals surface area contributed by atoms with E-state index in [9.17, 15) is 9.59 Å². The first-order valence-electron chi connectivity index (χ1n) is 7.75. The maximum atomic E-state index is 12.5. The first kappa shape index (κ1) is 15.7. The Labute approximate surface area is 126 Å². The van der Waals surface area contributed by atoms with Gasteiger partial charge >= 0.3 is 5.97 Å². The number of hydrogen-bond donors (Lipinski definition) is 0. The zero-order valence-corrected chi connectivity index (χ0v) is 13.0. The van der Waals surface area contributed by atoms with Crippen LogP contribution in [0.15, 0.2) is 30.3 Å². The molecule has 3 heteroatoms. The van der Waals surface area contributed by atoms with Crippen LogP contribution in [0.25, 0.3) is 0 Å². The highest BCUT2D eigenvalue weighted by Crippen LogP contribution is 2.39. The van der Waals surface area contributed by atoms with E-state index in [1.807, 2.05) is 51.1 Å². The minimum Gasteiger partial charge on any atom is -0.458 e. The van der Waals surface area contributed by atoms with Gasteiger partial charge in [0.1, 0.15) is 12.4 Å². The van der Waals surface area contributed by atoms with Gasteiger partial charge in [-0.1, -0.05) is 44.2 Å². The lowest BCUT2D eigenvalue weighted by molar-refractivity contribution is -0.161. The highest BCUT2D eigenvalue weighted by Gasteiger charge is 2.41. The van der Waals surface area contributed by atoms with Crippen molar-refractivity contribution >= 4 is 12.3 Å². The van der Waals surface area contributed by atoms with Crippen molar-refractivity contribution in [1.82, 2.24) is 0 Å². The Hall–Kier alpha value is -1.64. The third-order valence-electron chi connectivity index (χ3n) is 4.75. The number of esters is 1. The number of carbonyl (C=O) groups is 2. The van der Waals surface area contributed by atoms with Gasteiger partial charge in [-0.05, 0) is 37.2 Å². The lowest BCUT2D eigenvalue weighted by atomic mass is 9.68. The molecule has 1 aromatic carbocycles. The Kier molecular flexibility index (Phi) is 5.16. The fourth-order valence-corrected chi connectivity index (χ4v) is 3.28. The minimum atomic E-state index is -0.308. The largest absolute Gasteiger partial charge is 0.458 e. The number of hydrogen-bond acceptors (Lipinski definition) is 3. The van der Waals surface area contributed by atoms with Crippen LogP contribution in [0.5, 0.6) is 0 Å². The van der Waals surface area contributed by atoms with Crippen LogP contribution in [0.3, 0.4) is 0 Å². The van der Waals surface area contributed by atoms with Crippen LogP contribution in [0.2, 0.25) is 0 Å². The molecular weight excluding hydrogens is 264 g/mol. The Balaban J connectivity index is 2.09. The average Bonchev–Trinajstić information content (AvgIpc) is 2.49. The van der Waals surface area contributed by atoms with Crippen molar-refractivity contribution in [2.75, 3.05) is 0 Å². The summed E-state index contributed by atoms with van der Waals surface area (Å²) in [6.07, 6.45) is 2.64. The molecule has 1 aromatic rings. The lowest BCUT2D eigenvalue weighted by Crippen LogP contribution is -2.39. The van der Waals surface area contributed by atoms with Gasteiger partial charge < -0.3 is 9.53 Å². The van der Waals surface area contributed by atoms with Crippen molar-refractivity contribution in [3.63, 3.8) is 0 Å². The molecule has 2 rings (SSSR count). The van der Waals surface area contributed by atoms with E-state index in [1.165, 1.54) is 0 Å². The third kappa shape index (κ3) is 3.52. The Morgan fingerprint density at radius 2 is 1.81 bits per heavy atom. The summed E-state index contributed by atoms with van der Waals surface area (Å²) in [5.74, 6) is -0.306. The predicted molar refractivity (Wildman–Crippen MR) is 81.6 cm³/mol. The monoisotopic (exact) mass is 288 g/mol. The molecular formula is C18H24O3. The van der Waals surface area contributed by atoms with Crippen molar-refractivity contribution in [2.45, 2.75) is 39.7 Å². The van der Waals surface area contributed by atoms with Crippen LogP contribution in [0, 0.1) is 23.7 Å². The van der Waals surface area contributed by atoms with Crippen molar-refractivity contribution in [1.29, 1.82) is 0 Å². The van der Waals surface area contributed by atoms with Gasteiger partial charge in [0.05, 0.1) is 5.92 Å². The van der Waals surface area contributed by atoms with E-state index in [-0.39, 0.29) is 35.7 Å². The summed E-state index contributed by atoms with van der Waals surface area (Å²) < 4.78 is 5.63. The molecule has 1 aliphatic carbocycles. The van der Waals surface area contributed by atoms with Crippen LogP contribution < -0.4 is 0 Å². The number of ether oxygens (including phenoxy) is 1. The van der Waals surface area contributed by atoms with Crippen LogP contribution >= 0.6 is 0 Å². The molecule has 0 spiro atoms. The average molecular weight is 288 g/mol. The summed E-state index contributed by atoms with van der Waals surface area (Å²) in [6.45, 7) is 5.97. The van der Waals surface area contributed by atoms with E-state index < -0.39 is 0 Å². The molecule has 0 heterocycles. The summed E-state index contributed by atoms with van der Waals surface area (Å²) in [5.41, 5.74) is 0.977. The SMILES string of the molecule is CC(OC(=O)[C@@H]1[C@H](C=O)[C@@H](C)CC[C@H]1C)c1ccccc1. The van der Waals surface area contributed by atoms with Crippen LogP contribution in [-0.4, -0.2) is 12.3 Å². The van der Waals surface area contributed by atoms with Gasteiger partial charge in [-0.25, -0.2) is 0 Å². The second-order valence-corrected chi connectivity index (χ2v) is 6.26. The van der Waals surface area contributed by atoms with E-state index in [2.05, 4.69) is 0 Å². The van der Waals surface area contributed by atoms with Gasteiger partial charge in [0, 0.05) is 5.92 Å². The van der Waals surface area contributed by atoms with Crippen molar-refractivity contribution in [3.8, 4) is 0 Å². The molecule has 1 unspecified atom stereocenters. The fraction of sp³-hybridized carbons (Fsp3) is 0.556. The maximum Gasteiger partial charge on any atom is 0.310 e. The van der Waals surface area contributed by atoms with E-state index in [1.54, 1.807) is 0 Å².